The zero-order valence-corrected chi connectivity index (χ0v) is 19.9. The quantitative estimate of drug-likeness (QED) is 0.287. The summed E-state index contributed by atoms with van der Waals surface area (Å²) in [6.45, 7) is 6.20. The number of aromatic nitrogens is 2. The first-order valence-corrected chi connectivity index (χ1v) is 12.0. The average molecular weight is 480 g/mol. The fourth-order valence-corrected chi connectivity index (χ4v) is 4.30. The first-order chi connectivity index (χ1) is 16.4. The highest BCUT2D eigenvalue weighted by Gasteiger charge is 2.21. The van der Waals surface area contributed by atoms with Crippen LogP contribution in [0.1, 0.15) is 18.9 Å². The second-order valence-corrected chi connectivity index (χ2v) is 8.69. The number of rotatable bonds is 11. The van der Waals surface area contributed by atoms with Crippen molar-refractivity contribution in [3.8, 4) is 0 Å². The van der Waals surface area contributed by atoms with E-state index in [2.05, 4.69) is 16.9 Å². The van der Waals surface area contributed by atoms with Gasteiger partial charge in [-0.25, -0.2) is 4.79 Å². The Bertz CT molecular complexity index is 1250. The molecule has 3 aromatic rings. The zero-order valence-electron chi connectivity index (χ0n) is 19.1. The topological polar surface area (TPSA) is 113 Å². The van der Waals surface area contributed by atoms with Crippen LogP contribution in [0.5, 0.6) is 0 Å². The molecule has 2 aromatic carbocycles. The van der Waals surface area contributed by atoms with Crippen LogP contribution in [0.4, 0.5) is 17.2 Å². The van der Waals surface area contributed by atoms with Crippen LogP contribution in [0, 0.1) is 0 Å². The molecule has 0 saturated heterocycles. The third-order valence-electron chi connectivity index (χ3n) is 5.06. The van der Waals surface area contributed by atoms with Crippen molar-refractivity contribution in [1.82, 2.24) is 9.55 Å². The molecule has 0 aliphatic heterocycles. The van der Waals surface area contributed by atoms with Gasteiger partial charge in [-0.3, -0.25) is 19.1 Å². The predicted molar refractivity (Wildman–Crippen MR) is 140 cm³/mol. The number of amides is 1. The van der Waals surface area contributed by atoms with Crippen molar-refractivity contribution < 1.29 is 4.79 Å². The molecule has 0 aliphatic carbocycles. The predicted octanol–water partition coefficient (Wildman–Crippen LogP) is 3.30. The number of thioether (sulfide) groups is 1. The van der Waals surface area contributed by atoms with Gasteiger partial charge in [0, 0.05) is 17.2 Å². The number of para-hydroxylation sites is 1. The van der Waals surface area contributed by atoms with E-state index < -0.39 is 11.2 Å². The first-order valence-electron chi connectivity index (χ1n) is 11.0. The lowest BCUT2D eigenvalue weighted by molar-refractivity contribution is -0.115. The summed E-state index contributed by atoms with van der Waals surface area (Å²) in [5.41, 5.74) is 6.78. The number of carbonyl (C=O) groups is 1. The maximum atomic E-state index is 13.0. The summed E-state index contributed by atoms with van der Waals surface area (Å²) in [5.74, 6) is 0.449. The van der Waals surface area contributed by atoms with Gasteiger partial charge in [-0.05, 0) is 24.1 Å². The summed E-state index contributed by atoms with van der Waals surface area (Å²) < 4.78 is 1.31. The van der Waals surface area contributed by atoms with Crippen molar-refractivity contribution in [2.45, 2.75) is 24.8 Å². The molecule has 1 aromatic heterocycles. The molecule has 9 heteroatoms. The highest BCUT2D eigenvalue weighted by Crippen LogP contribution is 2.27. The fourth-order valence-electron chi connectivity index (χ4n) is 3.55. The van der Waals surface area contributed by atoms with Crippen molar-refractivity contribution >= 4 is 34.9 Å². The lowest BCUT2D eigenvalue weighted by Crippen LogP contribution is -2.42. The van der Waals surface area contributed by atoms with Crippen LogP contribution in [-0.4, -0.2) is 34.3 Å². The van der Waals surface area contributed by atoms with Crippen LogP contribution in [0.2, 0.25) is 0 Å². The Kier molecular flexibility index (Phi) is 8.75. The highest BCUT2D eigenvalue weighted by atomic mass is 32.2. The number of nitrogens with zero attached hydrogens (tertiary/aromatic N) is 2. The number of hydrogen-bond acceptors (Lipinski definition) is 6. The summed E-state index contributed by atoms with van der Waals surface area (Å²) in [5, 5.41) is 2.93. The summed E-state index contributed by atoms with van der Waals surface area (Å²) in [6, 6.07) is 16.9. The Hall–Kier alpha value is -3.72. The van der Waals surface area contributed by atoms with E-state index in [9.17, 15) is 14.4 Å². The number of nitrogen functional groups attached to an aromatic ring is 1. The van der Waals surface area contributed by atoms with Gasteiger partial charge in [-0.15, -0.1) is 18.3 Å². The van der Waals surface area contributed by atoms with Crippen molar-refractivity contribution in [2.24, 2.45) is 0 Å². The van der Waals surface area contributed by atoms with Gasteiger partial charge < -0.3 is 16.0 Å². The van der Waals surface area contributed by atoms with Gasteiger partial charge in [0.25, 0.3) is 5.56 Å². The third kappa shape index (κ3) is 6.20. The molecule has 4 N–H and O–H groups in total. The van der Waals surface area contributed by atoms with E-state index in [0.717, 1.165) is 10.5 Å². The normalized spacial score (nSPS) is 10.6. The zero-order chi connectivity index (χ0) is 24.5. The Morgan fingerprint density at radius 2 is 1.88 bits per heavy atom. The molecule has 0 radical (unpaired) electrons. The first kappa shape index (κ1) is 24.9. The number of anilines is 3. The largest absolute Gasteiger partial charge is 0.383 e. The molecule has 0 saturated carbocycles. The molecule has 0 spiro atoms. The number of benzene rings is 2. The monoisotopic (exact) mass is 479 g/mol. The minimum atomic E-state index is -0.616. The van der Waals surface area contributed by atoms with Crippen LogP contribution < -0.4 is 27.2 Å². The van der Waals surface area contributed by atoms with Crippen molar-refractivity contribution in [1.29, 1.82) is 0 Å². The van der Waals surface area contributed by atoms with Crippen molar-refractivity contribution in [2.75, 3.05) is 34.8 Å². The maximum absolute atomic E-state index is 13.0. The highest BCUT2D eigenvalue weighted by molar-refractivity contribution is 7.99. The molecule has 0 fully saturated rings. The lowest BCUT2D eigenvalue weighted by Gasteiger charge is -2.25. The number of hydrogen-bond donors (Lipinski definition) is 3. The summed E-state index contributed by atoms with van der Waals surface area (Å²) in [7, 11) is 0. The fraction of sp³-hybridized carbons (Fsp3) is 0.240. The SMILES string of the molecule is C=CCSc1ccccc1NC(=O)CN(CCC)c1c(N)n(Cc2ccccc2)c(=O)[nH]c1=O. The van der Waals surface area contributed by atoms with E-state index in [0.29, 0.717) is 24.4 Å². The smallest absolute Gasteiger partial charge is 0.330 e. The minimum Gasteiger partial charge on any atom is -0.383 e. The molecule has 8 nitrogen and oxygen atoms in total. The number of nitrogens with one attached hydrogen (secondary N) is 2. The van der Waals surface area contributed by atoms with E-state index in [-0.39, 0.29) is 30.5 Å². The van der Waals surface area contributed by atoms with Crippen molar-refractivity contribution in [3.63, 3.8) is 0 Å². The van der Waals surface area contributed by atoms with Gasteiger partial charge >= 0.3 is 5.69 Å². The van der Waals surface area contributed by atoms with Crippen molar-refractivity contribution in [3.05, 3.63) is 93.7 Å². The van der Waals surface area contributed by atoms with Crippen LogP contribution in [0.15, 0.2) is 81.7 Å². The van der Waals surface area contributed by atoms with Crippen LogP contribution in [-0.2, 0) is 11.3 Å². The van der Waals surface area contributed by atoms with Gasteiger partial charge in [-0.1, -0.05) is 55.5 Å². The molecule has 1 amide bonds. The Labute approximate surface area is 202 Å². The molecule has 0 atom stereocenters. The van der Waals surface area contributed by atoms with E-state index in [1.54, 1.807) is 22.7 Å². The summed E-state index contributed by atoms with van der Waals surface area (Å²) in [4.78, 5) is 43.1. The average Bonchev–Trinajstić information content (AvgIpc) is 2.82. The second kappa shape index (κ2) is 11.9. The Morgan fingerprint density at radius 3 is 2.59 bits per heavy atom. The van der Waals surface area contributed by atoms with E-state index in [1.165, 1.54) is 4.57 Å². The molecule has 34 heavy (non-hydrogen) atoms. The van der Waals surface area contributed by atoms with Crippen LogP contribution in [0.3, 0.4) is 0 Å². The minimum absolute atomic E-state index is 0.0285. The van der Waals surface area contributed by atoms with E-state index >= 15 is 0 Å². The molecular formula is C25H29N5O3S. The molecule has 178 valence electrons. The van der Waals surface area contributed by atoms with Gasteiger partial charge in [0.05, 0.1) is 18.8 Å². The van der Waals surface area contributed by atoms with Gasteiger partial charge in [0.15, 0.2) is 0 Å². The molecule has 3 rings (SSSR count). The van der Waals surface area contributed by atoms with Gasteiger partial charge in [0.1, 0.15) is 11.5 Å². The van der Waals surface area contributed by atoms with Crippen LogP contribution >= 0.6 is 11.8 Å². The molecule has 0 bridgehead atoms. The third-order valence-corrected chi connectivity index (χ3v) is 6.13. The summed E-state index contributed by atoms with van der Waals surface area (Å²) >= 11 is 1.56. The van der Waals surface area contributed by atoms with E-state index in [1.807, 2.05) is 61.5 Å². The number of nitrogens with two attached hydrogens (primary N) is 1. The summed E-state index contributed by atoms with van der Waals surface area (Å²) in [6.07, 6.45) is 2.47. The van der Waals surface area contributed by atoms with Gasteiger partial charge in [-0.2, -0.15) is 0 Å². The Balaban J connectivity index is 1.88. The maximum Gasteiger partial charge on any atom is 0.330 e. The van der Waals surface area contributed by atoms with Crippen LogP contribution in [0.25, 0.3) is 0 Å². The number of H-pyrrole nitrogens is 1. The molecule has 0 aliphatic rings. The van der Waals surface area contributed by atoms with Gasteiger partial charge in [0.2, 0.25) is 5.91 Å². The Morgan fingerprint density at radius 1 is 1.18 bits per heavy atom. The molecule has 0 unspecified atom stereocenters. The molecular weight excluding hydrogens is 450 g/mol. The molecule has 1 heterocycles. The number of carbonyl (C=O) groups excluding carboxylic acids is 1. The standard InChI is InChI=1S/C25H29N5O3S/c1-3-14-29(17-21(31)27-19-12-8-9-13-20(19)34-15-4-2)22-23(26)30(25(33)28-24(22)32)16-18-10-6-5-7-11-18/h4-13H,2-3,14-17,26H2,1H3,(H,27,31)(H,28,32,33). The number of aromatic amines is 1. The van der Waals surface area contributed by atoms with E-state index in [4.69, 9.17) is 5.73 Å². The lowest BCUT2D eigenvalue weighted by atomic mass is 10.2. The second-order valence-electron chi connectivity index (χ2n) is 7.63.